The monoisotopic (exact) mass is 396 g/mol. The van der Waals surface area contributed by atoms with Crippen LogP contribution in [0.5, 0.6) is 0 Å². The molecule has 2 heterocycles. The molecule has 1 aromatic heterocycles. The number of amides is 1. The smallest absolute Gasteiger partial charge is 0.276 e. The van der Waals surface area contributed by atoms with E-state index in [2.05, 4.69) is 37.6 Å². The van der Waals surface area contributed by atoms with E-state index in [1.165, 1.54) is 11.3 Å². The van der Waals surface area contributed by atoms with Crippen LogP contribution in [0.15, 0.2) is 101 Å². The predicted molar refractivity (Wildman–Crippen MR) is 116 cm³/mol. The molecule has 4 aromatic rings. The summed E-state index contributed by atoms with van der Waals surface area (Å²) in [5, 5.41) is 13.7. The summed E-state index contributed by atoms with van der Waals surface area (Å²) in [5.74, 6) is -0.235. The van der Waals surface area contributed by atoms with Gasteiger partial charge in [-0.3, -0.25) is 9.36 Å². The van der Waals surface area contributed by atoms with Gasteiger partial charge in [0.2, 0.25) is 4.80 Å². The standard InChI is InChI=1S/C23H16N4OS/c28-22-21(18-13-7-8-14-19(18)24-22)25-26-23-27(17-11-5-2-6-12-17)20(15-29-23)16-9-3-1-4-10-16/h1-15H,(H,24,25,28)/b26-23-. The summed E-state index contributed by atoms with van der Waals surface area (Å²) in [6.45, 7) is 0. The summed E-state index contributed by atoms with van der Waals surface area (Å²) in [7, 11) is 0. The van der Waals surface area contributed by atoms with Crippen molar-refractivity contribution in [2.24, 2.45) is 10.2 Å². The number of hydrogen-bond acceptors (Lipinski definition) is 4. The Kier molecular flexibility index (Phi) is 4.38. The minimum absolute atomic E-state index is 0.235. The molecule has 0 saturated carbocycles. The van der Waals surface area contributed by atoms with Crippen LogP contribution < -0.4 is 10.1 Å². The minimum atomic E-state index is -0.235. The van der Waals surface area contributed by atoms with E-state index in [1.54, 1.807) is 0 Å². The molecule has 1 amide bonds. The van der Waals surface area contributed by atoms with Crippen molar-refractivity contribution in [3.8, 4) is 16.9 Å². The molecule has 0 bridgehead atoms. The lowest BCUT2D eigenvalue weighted by Crippen LogP contribution is -2.16. The fraction of sp³-hybridized carbons (Fsp3) is 0. The largest absolute Gasteiger partial charge is 0.320 e. The molecule has 6 heteroatoms. The van der Waals surface area contributed by atoms with E-state index < -0.39 is 0 Å². The quantitative estimate of drug-likeness (QED) is 0.511. The number of nitrogens with one attached hydrogen (secondary N) is 1. The van der Waals surface area contributed by atoms with Gasteiger partial charge >= 0.3 is 0 Å². The molecule has 5 nitrogen and oxygen atoms in total. The Morgan fingerprint density at radius 3 is 2.28 bits per heavy atom. The zero-order valence-electron chi connectivity index (χ0n) is 15.3. The Bertz CT molecular complexity index is 1290. The molecule has 140 valence electrons. The number of benzene rings is 3. The highest BCUT2D eigenvalue weighted by Crippen LogP contribution is 2.24. The van der Waals surface area contributed by atoms with Crippen LogP contribution in [0.2, 0.25) is 0 Å². The third-order valence-electron chi connectivity index (χ3n) is 4.67. The first-order valence-electron chi connectivity index (χ1n) is 9.15. The van der Waals surface area contributed by atoms with Gasteiger partial charge in [-0.15, -0.1) is 21.5 Å². The highest BCUT2D eigenvalue weighted by Gasteiger charge is 2.25. The molecule has 5 rings (SSSR count). The third-order valence-corrected chi connectivity index (χ3v) is 5.49. The number of anilines is 1. The Balaban J connectivity index is 1.69. The summed E-state index contributed by atoms with van der Waals surface area (Å²) in [6.07, 6.45) is 0. The van der Waals surface area contributed by atoms with Gasteiger partial charge in [-0.25, -0.2) is 0 Å². The normalized spacial score (nSPS) is 14.8. The van der Waals surface area contributed by atoms with Crippen molar-refractivity contribution in [1.29, 1.82) is 0 Å². The second kappa shape index (κ2) is 7.33. The number of nitrogens with zero attached hydrogens (tertiary/aromatic N) is 3. The second-order valence-electron chi connectivity index (χ2n) is 6.49. The summed E-state index contributed by atoms with van der Waals surface area (Å²) in [6, 6.07) is 27.7. The molecule has 29 heavy (non-hydrogen) atoms. The highest BCUT2D eigenvalue weighted by atomic mass is 32.1. The number of carbonyl (C=O) groups is 1. The maximum Gasteiger partial charge on any atom is 0.276 e. The van der Waals surface area contributed by atoms with Crippen LogP contribution in [0.1, 0.15) is 5.56 Å². The summed E-state index contributed by atoms with van der Waals surface area (Å²) in [5.41, 5.74) is 4.96. The molecule has 0 radical (unpaired) electrons. The predicted octanol–water partition coefficient (Wildman–Crippen LogP) is 4.46. The van der Waals surface area contributed by atoms with Crippen LogP contribution in [0, 0.1) is 0 Å². The number of carbonyl (C=O) groups excluding carboxylic acids is 1. The molecule has 0 saturated heterocycles. The third kappa shape index (κ3) is 3.19. The number of para-hydroxylation sites is 2. The zero-order valence-corrected chi connectivity index (χ0v) is 16.1. The summed E-state index contributed by atoms with van der Waals surface area (Å²) >= 11 is 1.49. The molecule has 0 spiro atoms. The number of thiazole rings is 1. The van der Waals surface area contributed by atoms with Gasteiger partial charge in [-0.05, 0) is 23.8 Å². The lowest BCUT2D eigenvalue weighted by molar-refractivity contribution is -0.110. The van der Waals surface area contributed by atoms with E-state index in [-0.39, 0.29) is 5.91 Å². The second-order valence-corrected chi connectivity index (χ2v) is 7.33. The number of aromatic nitrogens is 1. The Morgan fingerprint density at radius 2 is 1.48 bits per heavy atom. The van der Waals surface area contributed by atoms with E-state index >= 15 is 0 Å². The van der Waals surface area contributed by atoms with Gasteiger partial charge in [0.25, 0.3) is 5.91 Å². The molecule has 1 aliphatic rings. The van der Waals surface area contributed by atoms with E-state index in [0.717, 1.165) is 28.2 Å². The summed E-state index contributed by atoms with van der Waals surface area (Å²) in [4.78, 5) is 13.0. The van der Waals surface area contributed by atoms with E-state index in [1.807, 2.05) is 72.8 Å². The first kappa shape index (κ1) is 17.3. The van der Waals surface area contributed by atoms with Crippen LogP contribution in [0.25, 0.3) is 16.9 Å². The highest BCUT2D eigenvalue weighted by molar-refractivity contribution is 7.07. The Labute approximate surface area is 171 Å². The SMILES string of the molecule is O=C1Nc2ccccc2/C1=N\N=c1/scc(-c2ccccc2)n1-c1ccccc1. The van der Waals surface area contributed by atoms with Crippen molar-refractivity contribution in [3.05, 3.63) is 101 Å². The van der Waals surface area contributed by atoms with Crippen molar-refractivity contribution >= 4 is 28.6 Å². The maximum absolute atomic E-state index is 12.3. The molecule has 0 fully saturated rings. The van der Waals surface area contributed by atoms with Gasteiger partial charge in [0, 0.05) is 16.6 Å². The number of fused-ring (bicyclic) bond motifs is 1. The Hall–Kier alpha value is -3.77. The number of rotatable bonds is 3. The van der Waals surface area contributed by atoms with Crippen molar-refractivity contribution < 1.29 is 4.79 Å². The Morgan fingerprint density at radius 1 is 0.793 bits per heavy atom. The molecule has 1 N–H and O–H groups in total. The van der Waals surface area contributed by atoms with Crippen molar-refractivity contribution in [3.63, 3.8) is 0 Å². The lowest BCUT2D eigenvalue weighted by Gasteiger charge is -2.08. The molecule has 3 aromatic carbocycles. The van der Waals surface area contributed by atoms with Crippen molar-refractivity contribution in [2.45, 2.75) is 0 Å². The molecule has 1 aliphatic heterocycles. The minimum Gasteiger partial charge on any atom is -0.320 e. The van der Waals surface area contributed by atoms with Gasteiger partial charge in [0.05, 0.1) is 11.4 Å². The van der Waals surface area contributed by atoms with E-state index in [9.17, 15) is 4.79 Å². The first-order valence-corrected chi connectivity index (χ1v) is 10.0. The average Bonchev–Trinajstić information content (AvgIpc) is 3.34. The first-order chi connectivity index (χ1) is 14.3. The maximum atomic E-state index is 12.3. The van der Waals surface area contributed by atoms with Crippen LogP contribution in [-0.4, -0.2) is 16.2 Å². The fourth-order valence-electron chi connectivity index (χ4n) is 3.31. The molecular weight excluding hydrogens is 380 g/mol. The lowest BCUT2D eigenvalue weighted by atomic mass is 10.1. The van der Waals surface area contributed by atoms with Crippen LogP contribution in [-0.2, 0) is 4.79 Å². The van der Waals surface area contributed by atoms with Crippen molar-refractivity contribution in [2.75, 3.05) is 5.32 Å². The molecular formula is C23H16N4OS. The van der Waals surface area contributed by atoms with Crippen LogP contribution >= 0.6 is 11.3 Å². The topological polar surface area (TPSA) is 58.8 Å². The van der Waals surface area contributed by atoms with E-state index in [0.29, 0.717) is 10.5 Å². The van der Waals surface area contributed by atoms with Gasteiger partial charge in [-0.1, -0.05) is 66.7 Å². The molecule has 0 unspecified atom stereocenters. The van der Waals surface area contributed by atoms with Gasteiger partial charge in [-0.2, -0.15) is 0 Å². The molecule has 0 atom stereocenters. The van der Waals surface area contributed by atoms with Crippen LogP contribution in [0.3, 0.4) is 0 Å². The van der Waals surface area contributed by atoms with Gasteiger partial charge in [0.15, 0.2) is 5.71 Å². The fourth-order valence-corrected chi connectivity index (χ4v) is 4.17. The van der Waals surface area contributed by atoms with E-state index in [4.69, 9.17) is 0 Å². The molecule has 0 aliphatic carbocycles. The van der Waals surface area contributed by atoms with Gasteiger partial charge in [0.1, 0.15) is 0 Å². The zero-order chi connectivity index (χ0) is 19.6. The summed E-state index contributed by atoms with van der Waals surface area (Å²) < 4.78 is 2.06. The average molecular weight is 396 g/mol. The van der Waals surface area contributed by atoms with Gasteiger partial charge < -0.3 is 5.32 Å². The van der Waals surface area contributed by atoms with Crippen LogP contribution in [0.4, 0.5) is 5.69 Å². The number of hydrogen-bond donors (Lipinski definition) is 1. The van der Waals surface area contributed by atoms with Crippen molar-refractivity contribution in [1.82, 2.24) is 4.57 Å².